The highest BCUT2D eigenvalue weighted by atomic mass is 35.5. The summed E-state index contributed by atoms with van der Waals surface area (Å²) in [4.78, 5) is 19.1. The Kier molecular flexibility index (Phi) is 6.46. The van der Waals surface area contributed by atoms with Crippen LogP contribution in [0.1, 0.15) is 50.2 Å². The molecule has 1 aromatic carbocycles. The molecule has 0 unspecified atom stereocenters. The molecular weight excluding hydrogens is 396 g/mol. The van der Waals surface area contributed by atoms with Gasteiger partial charge in [-0.25, -0.2) is 4.98 Å². The van der Waals surface area contributed by atoms with Crippen LogP contribution in [0.3, 0.4) is 0 Å². The number of hydrogen-bond donors (Lipinski definition) is 0. The van der Waals surface area contributed by atoms with Gasteiger partial charge >= 0.3 is 0 Å². The summed E-state index contributed by atoms with van der Waals surface area (Å²) >= 11 is 7.78. The number of thiazole rings is 1. The summed E-state index contributed by atoms with van der Waals surface area (Å²) < 4.78 is 5.75. The highest BCUT2D eigenvalue weighted by Crippen LogP contribution is 2.26. The van der Waals surface area contributed by atoms with E-state index in [0.29, 0.717) is 28.3 Å². The van der Waals surface area contributed by atoms with E-state index in [-0.39, 0.29) is 24.9 Å². The second kappa shape index (κ2) is 8.84. The maximum atomic E-state index is 12.8. The fourth-order valence-electron chi connectivity index (χ4n) is 2.69. The van der Waals surface area contributed by atoms with Crippen LogP contribution in [0.25, 0.3) is 11.5 Å². The molecule has 3 aromatic rings. The molecule has 0 saturated carbocycles. The number of aromatic nitrogens is 3. The van der Waals surface area contributed by atoms with Crippen LogP contribution < -0.4 is 0 Å². The Morgan fingerprint density at radius 2 is 1.96 bits per heavy atom. The maximum Gasteiger partial charge on any atom is 0.249 e. The maximum absolute atomic E-state index is 12.8. The third kappa shape index (κ3) is 4.77. The predicted molar refractivity (Wildman–Crippen MR) is 110 cm³/mol. The van der Waals surface area contributed by atoms with Crippen LogP contribution in [0.2, 0.25) is 5.02 Å². The topological polar surface area (TPSA) is 72.1 Å². The zero-order chi connectivity index (χ0) is 20.3. The Morgan fingerprint density at radius 3 is 2.61 bits per heavy atom. The first-order valence-corrected chi connectivity index (χ1v) is 10.4. The number of rotatable bonds is 7. The van der Waals surface area contributed by atoms with E-state index >= 15 is 0 Å². The van der Waals surface area contributed by atoms with Gasteiger partial charge in [-0.2, -0.15) is 0 Å². The fourth-order valence-corrected chi connectivity index (χ4v) is 3.74. The average Bonchev–Trinajstić information content (AvgIpc) is 3.29. The first-order valence-electron chi connectivity index (χ1n) is 9.16. The number of carbonyl (C=O) groups excluding carboxylic acids is 1. The van der Waals surface area contributed by atoms with Crippen molar-refractivity contribution in [1.29, 1.82) is 0 Å². The lowest BCUT2D eigenvalue weighted by atomic mass is 10.2. The number of benzene rings is 1. The van der Waals surface area contributed by atoms with Crippen LogP contribution in [0.15, 0.2) is 34.1 Å². The molecule has 28 heavy (non-hydrogen) atoms. The molecule has 0 bridgehead atoms. The Bertz CT molecular complexity index is 951. The molecule has 0 atom stereocenters. The lowest BCUT2D eigenvalue weighted by Gasteiger charge is -2.24. The third-order valence-corrected chi connectivity index (χ3v) is 5.74. The molecule has 0 spiro atoms. The Morgan fingerprint density at radius 1 is 1.21 bits per heavy atom. The van der Waals surface area contributed by atoms with Gasteiger partial charge in [-0.3, -0.25) is 4.79 Å². The minimum absolute atomic E-state index is 0.00799. The zero-order valence-electron chi connectivity index (χ0n) is 16.3. The number of halogens is 1. The molecule has 0 fully saturated rings. The number of nitrogens with zero attached hydrogens (tertiary/aromatic N) is 4. The second-order valence-corrected chi connectivity index (χ2v) is 8.40. The Balaban J connectivity index is 1.72. The van der Waals surface area contributed by atoms with Gasteiger partial charge in [-0.1, -0.05) is 37.6 Å². The normalized spacial score (nSPS) is 11.4. The standard InChI is InChI=1S/C20H23ClN4O2S/c1-12(2)20-22-14(11-28-20)9-18(26)25(13(3)4)10-17-23-24-19(27-17)15-7-5-6-8-16(15)21/h5-8,11-13H,9-10H2,1-4H3. The van der Waals surface area contributed by atoms with E-state index in [1.807, 2.05) is 37.4 Å². The van der Waals surface area contributed by atoms with Crippen molar-refractivity contribution in [3.63, 3.8) is 0 Å². The first-order chi connectivity index (χ1) is 13.3. The van der Waals surface area contributed by atoms with E-state index in [1.54, 1.807) is 22.3 Å². The predicted octanol–water partition coefficient (Wildman–Crippen LogP) is 4.95. The average molecular weight is 419 g/mol. The molecule has 2 aromatic heterocycles. The van der Waals surface area contributed by atoms with Crippen LogP contribution in [0, 0.1) is 0 Å². The van der Waals surface area contributed by atoms with Crippen molar-refractivity contribution in [2.45, 2.75) is 52.6 Å². The Labute approximate surface area is 173 Å². The van der Waals surface area contributed by atoms with Crippen molar-refractivity contribution in [2.75, 3.05) is 0 Å². The van der Waals surface area contributed by atoms with Gasteiger partial charge < -0.3 is 9.32 Å². The van der Waals surface area contributed by atoms with Gasteiger partial charge in [0, 0.05) is 17.3 Å². The monoisotopic (exact) mass is 418 g/mol. The lowest BCUT2D eigenvalue weighted by Crippen LogP contribution is -2.37. The van der Waals surface area contributed by atoms with E-state index < -0.39 is 0 Å². The molecule has 148 valence electrons. The number of carbonyl (C=O) groups is 1. The largest absolute Gasteiger partial charge is 0.419 e. The van der Waals surface area contributed by atoms with Crippen LogP contribution in [-0.4, -0.2) is 32.0 Å². The summed E-state index contributed by atoms with van der Waals surface area (Å²) in [6, 6.07) is 7.27. The molecule has 0 radical (unpaired) electrons. The summed E-state index contributed by atoms with van der Waals surface area (Å²) in [6.07, 6.45) is 0.257. The van der Waals surface area contributed by atoms with E-state index in [9.17, 15) is 4.79 Å². The van der Waals surface area contributed by atoms with Gasteiger partial charge in [-0.05, 0) is 26.0 Å². The van der Waals surface area contributed by atoms with Crippen molar-refractivity contribution >= 4 is 28.8 Å². The molecule has 0 aliphatic carbocycles. The molecule has 0 saturated heterocycles. The fraction of sp³-hybridized carbons (Fsp3) is 0.400. The van der Waals surface area contributed by atoms with Crippen molar-refractivity contribution in [3.05, 3.63) is 51.3 Å². The third-order valence-electron chi connectivity index (χ3n) is 4.22. The molecular formula is C20H23ClN4O2S. The highest BCUT2D eigenvalue weighted by Gasteiger charge is 2.22. The van der Waals surface area contributed by atoms with E-state index in [1.165, 1.54) is 0 Å². The molecule has 0 aliphatic rings. The molecule has 2 heterocycles. The minimum atomic E-state index is -0.0203. The molecule has 0 aliphatic heterocycles. The minimum Gasteiger partial charge on any atom is -0.419 e. The quantitative estimate of drug-likeness (QED) is 0.542. The summed E-state index contributed by atoms with van der Waals surface area (Å²) in [5.74, 6) is 1.06. The summed E-state index contributed by atoms with van der Waals surface area (Å²) in [6.45, 7) is 8.36. The SMILES string of the molecule is CC(C)c1nc(CC(=O)N(Cc2nnc(-c3ccccc3Cl)o2)C(C)C)cs1. The molecule has 8 heteroatoms. The van der Waals surface area contributed by atoms with Gasteiger partial charge in [-0.15, -0.1) is 21.5 Å². The summed E-state index contributed by atoms with van der Waals surface area (Å²) in [5, 5.41) is 11.7. The van der Waals surface area contributed by atoms with Gasteiger partial charge in [0.05, 0.1) is 34.3 Å². The van der Waals surface area contributed by atoms with E-state index in [4.69, 9.17) is 16.0 Å². The highest BCUT2D eigenvalue weighted by molar-refractivity contribution is 7.09. The van der Waals surface area contributed by atoms with Crippen LogP contribution in [-0.2, 0) is 17.8 Å². The molecule has 0 N–H and O–H groups in total. The van der Waals surface area contributed by atoms with Gasteiger partial charge in [0.2, 0.25) is 17.7 Å². The second-order valence-electron chi connectivity index (χ2n) is 7.10. The summed E-state index contributed by atoms with van der Waals surface area (Å²) in [7, 11) is 0. The first kappa shape index (κ1) is 20.5. The lowest BCUT2D eigenvalue weighted by molar-refractivity contribution is -0.133. The van der Waals surface area contributed by atoms with Crippen molar-refractivity contribution in [3.8, 4) is 11.5 Å². The van der Waals surface area contributed by atoms with E-state index in [2.05, 4.69) is 29.0 Å². The summed E-state index contributed by atoms with van der Waals surface area (Å²) in [5.41, 5.74) is 1.47. The van der Waals surface area contributed by atoms with Crippen molar-refractivity contribution in [2.24, 2.45) is 0 Å². The van der Waals surface area contributed by atoms with Gasteiger partial charge in [0.25, 0.3) is 0 Å². The van der Waals surface area contributed by atoms with Crippen LogP contribution in [0.5, 0.6) is 0 Å². The number of amides is 1. The molecule has 6 nitrogen and oxygen atoms in total. The van der Waals surface area contributed by atoms with Gasteiger partial charge in [0.1, 0.15) is 0 Å². The van der Waals surface area contributed by atoms with E-state index in [0.717, 1.165) is 10.7 Å². The van der Waals surface area contributed by atoms with Gasteiger partial charge in [0.15, 0.2) is 0 Å². The van der Waals surface area contributed by atoms with Crippen molar-refractivity contribution in [1.82, 2.24) is 20.1 Å². The smallest absolute Gasteiger partial charge is 0.249 e. The molecule has 3 rings (SSSR count). The Hall–Kier alpha value is -2.25. The van der Waals surface area contributed by atoms with Crippen LogP contribution >= 0.6 is 22.9 Å². The van der Waals surface area contributed by atoms with Crippen molar-refractivity contribution < 1.29 is 9.21 Å². The number of hydrogen-bond acceptors (Lipinski definition) is 6. The molecule has 1 amide bonds. The van der Waals surface area contributed by atoms with Crippen LogP contribution in [0.4, 0.5) is 0 Å². The zero-order valence-corrected chi connectivity index (χ0v) is 17.9.